The van der Waals surface area contributed by atoms with E-state index in [1.165, 1.54) is 0 Å². The van der Waals surface area contributed by atoms with E-state index >= 15 is 0 Å². The van der Waals surface area contributed by atoms with Crippen LogP contribution < -0.4 is 5.73 Å². The Morgan fingerprint density at radius 2 is 2.22 bits per heavy atom. The quantitative estimate of drug-likeness (QED) is 0.780. The maximum absolute atomic E-state index is 5.46. The minimum Gasteiger partial charge on any atom is -0.339 e. The van der Waals surface area contributed by atoms with Crippen LogP contribution in [0.25, 0.3) is 0 Å². The van der Waals surface area contributed by atoms with Crippen molar-refractivity contribution < 1.29 is 4.52 Å². The summed E-state index contributed by atoms with van der Waals surface area (Å²) in [5, 5.41) is 4.05. The Balaban J connectivity index is 1.89. The first kappa shape index (κ1) is 13.5. The van der Waals surface area contributed by atoms with E-state index in [-0.39, 0.29) is 0 Å². The summed E-state index contributed by atoms with van der Waals surface area (Å²) < 4.78 is 5.22. The summed E-state index contributed by atoms with van der Waals surface area (Å²) in [6.45, 7) is 3.94. The topological polar surface area (TPSA) is 71.4 Å². The average molecular weight is 253 g/mol. The number of nitrogens with two attached hydrogens (primary N) is 1. The van der Waals surface area contributed by atoms with E-state index in [2.05, 4.69) is 34.0 Å². The molecule has 0 spiro atoms. The number of hydrogen-bond donors (Lipinski definition) is 1. The first-order chi connectivity index (χ1) is 8.69. The molecule has 1 aliphatic heterocycles. The molecule has 0 amide bonds. The molecule has 1 unspecified atom stereocenters. The molecule has 1 fully saturated rings. The number of aryl methyl sites for hydroxylation is 1. The maximum atomic E-state index is 5.46. The van der Waals surface area contributed by atoms with E-state index in [1.54, 1.807) is 0 Å². The molecule has 0 bridgehead atoms. The fourth-order valence-electron chi connectivity index (χ4n) is 2.26. The second-order valence-electron chi connectivity index (χ2n) is 5.10. The van der Waals surface area contributed by atoms with Gasteiger partial charge in [0.15, 0.2) is 5.82 Å². The highest BCUT2D eigenvalue weighted by Crippen LogP contribution is 2.11. The van der Waals surface area contributed by atoms with Crippen LogP contribution in [0.1, 0.15) is 18.1 Å². The third kappa shape index (κ3) is 3.51. The van der Waals surface area contributed by atoms with Crippen molar-refractivity contribution in [2.45, 2.75) is 25.3 Å². The lowest BCUT2D eigenvalue weighted by atomic mass is 10.1. The van der Waals surface area contributed by atoms with Crippen molar-refractivity contribution in [3.8, 4) is 0 Å². The minimum absolute atomic E-state index is 0.476. The zero-order chi connectivity index (χ0) is 13.0. The molecule has 6 nitrogen and oxygen atoms in total. The van der Waals surface area contributed by atoms with Crippen LogP contribution in [0.4, 0.5) is 0 Å². The summed E-state index contributed by atoms with van der Waals surface area (Å²) in [7, 11) is 4.32. The highest BCUT2D eigenvalue weighted by atomic mass is 16.5. The number of piperazine rings is 1. The van der Waals surface area contributed by atoms with Gasteiger partial charge < -0.3 is 20.1 Å². The van der Waals surface area contributed by atoms with Gasteiger partial charge in [-0.3, -0.25) is 0 Å². The Bertz CT molecular complexity index is 367. The molecule has 0 aliphatic carbocycles. The van der Waals surface area contributed by atoms with Crippen molar-refractivity contribution in [1.82, 2.24) is 19.9 Å². The molecule has 6 heteroatoms. The van der Waals surface area contributed by atoms with E-state index in [0.717, 1.165) is 44.7 Å². The molecule has 0 saturated carbocycles. The molecule has 1 aromatic heterocycles. The van der Waals surface area contributed by atoms with Gasteiger partial charge in [-0.05, 0) is 27.1 Å². The number of nitrogens with zero attached hydrogens (tertiary/aromatic N) is 4. The summed E-state index contributed by atoms with van der Waals surface area (Å²) in [5.41, 5.74) is 5.46. The summed E-state index contributed by atoms with van der Waals surface area (Å²) in [4.78, 5) is 9.14. The summed E-state index contributed by atoms with van der Waals surface area (Å²) >= 11 is 0. The van der Waals surface area contributed by atoms with Crippen molar-refractivity contribution in [3.05, 3.63) is 11.7 Å². The standard InChI is InChI=1S/C12H23N5O/c1-16-6-7-17(2)10(9-16)8-11-14-12(18-15-11)4-3-5-13/h10H,3-9,13H2,1-2H3. The van der Waals surface area contributed by atoms with Gasteiger partial charge in [-0.2, -0.15) is 4.98 Å². The number of hydrogen-bond acceptors (Lipinski definition) is 6. The maximum Gasteiger partial charge on any atom is 0.226 e. The lowest BCUT2D eigenvalue weighted by Gasteiger charge is -2.37. The normalized spacial score (nSPS) is 22.5. The molecule has 0 radical (unpaired) electrons. The van der Waals surface area contributed by atoms with Gasteiger partial charge >= 0.3 is 0 Å². The highest BCUT2D eigenvalue weighted by Gasteiger charge is 2.24. The van der Waals surface area contributed by atoms with Gasteiger partial charge in [-0.25, -0.2) is 0 Å². The molecule has 0 aromatic carbocycles. The molecule has 1 aliphatic rings. The van der Waals surface area contributed by atoms with E-state index in [4.69, 9.17) is 10.3 Å². The van der Waals surface area contributed by atoms with Crippen molar-refractivity contribution in [1.29, 1.82) is 0 Å². The first-order valence-electron chi connectivity index (χ1n) is 6.59. The van der Waals surface area contributed by atoms with E-state index in [0.29, 0.717) is 18.5 Å². The molecular weight excluding hydrogens is 230 g/mol. The SMILES string of the molecule is CN1CCN(C)C(Cc2noc(CCCN)n2)C1. The first-order valence-corrected chi connectivity index (χ1v) is 6.59. The van der Waals surface area contributed by atoms with Gasteiger partial charge in [0.1, 0.15) is 0 Å². The van der Waals surface area contributed by atoms with Crippen molar-refractivity contribution in [2.24, 2.45) is 5.73 Å². The van der Waals surface area contributed by atoms with E-state index < -0.39 is 0 Å². The Morgan fingerprint density at radius 3 is 3.00 bits per heavy atom. The molecule has 2 N–H and O–H groups in total. The van der Waals surface area contributed by atoms with Crippen LogP contribution in [0.5, 0.6) is 0 Å². The Hall–Kier alpha value is -0.980. The van der Waals surface area contributed by atoms with E-state index in [9.17, 15) is 0 Å². The molecule has 2 rings (SSSR count). The predicted molar refractivity (Wildman–Crippen MR) is 69.3 cm³/mol. The molecule has 102 valence electrons. The van der Waals surface area contributed by atoms with Crippen molar-refractivity contribution in [3.63, 3.8) is 0 Å². The van der Waals surface area contributed by atoms with Gasteiger partial charge in [0, 0.05) is 38.5 Å². The van der Waals surface area contributed by atoms with Gasteiger partial charge in [-0.1, -0.05) is 5.16 Å². The lowest BCUT2D eigenvalue weighted by Crippen LogP contribution is -2.50. The van der Waals surface area contributed by atoms with Crippen molar-refractivity contribution >= 4 is 0 Å². The Kier molecular flexibility index (Phi) is 4.68. The third-order valence-corrected chi connectivity index (χ3v) is 3.50. The summed E-state index contributed by atoms with van der Waals surface area (Å²) in [6, 6.07) is 0.476. The molecule has 1 aromatic rings. The zero-order valence-electron chi connectivity index (χ0n) is 11.3. The molecule has 1 atom stereocenters. The second-order valence-corrected chi connectivity index (χ2v) is 5.10. The van der Waals surface area contributed by atoms with Crippen LogP contribution in [-0.2, 0) is 12.8 Å². The number of aromatic nitrogens is 2. The lowest BCUT2D eigenvalue weighted by molar-refractivity contribution is 0.113. The molecule has 2 heterocycles. The van der Waals surface area contributed by atoms with Crippen LogP contribution in [-0.4, -0.2) is 66.3 Å². The fourth-order valence-corrected chi connectivity index (χ4v) is 2.26. The Morgan fingerprint density at radius 1 is 1.39 bits per heavy atom. The average Bonchev–Trinajstić information content (AvgIpc) is 2.79. The summed E-state index contributed by atoms with van der Waals surface area (Å²) in [5.74, 6) is 1.52. The van der Waals surface area contributed by atoms with Crippen molar-refractivity contribution in [2.75, 3.05) is 40.3 Å². The van der Waals surface area contributed by atoms with E-state index in [1.807, 2.05) is 0 Å². The van der Waals surface area contributed by atoms with Gasteiger partial charge in [0.05, 0.1) is 0 Å². The van der Waals surface area contributed by atoms with Crippen LogP contribution in [0.15, 0.2) is 4.52 Å². The van der Waals surface area contributed by atoms with Crippen LogP contribution >= 0.6 is 0 Å². The van der Waals surface area contributed by atoms with Crippen LogP contribution in [0, 0.1) is 0 Å². The van der Waals surface area contributed by atoms with Crippen LogP contribution in [0.3, 0.4) is 0 Å². The fraction of sp³-hybridized carbons (Fsp3) is 0.833. The molecule has 1 saturated heterocycles. The van der Waals surface area contributed by atoms with Gasteiger partial charge in [-0.15, -0.1) is 0 Å². The zero-order valence-corrected chi connectivity index (χ0v) is 11.3. The van der Waals surface area contributed by atoms with Gasteiger partial charge in [0.2, 0.25) is 5.89 Å². The molecule has 18 heavy (non-hydrogen) atoms. The minimum atomic E-state index is 0.476. The summed E-state index contributed by atoms with van der Waals surface area (Å²) in [6.07, 6.45) is 2.53. The van der Waals surface area contributed by atoms with Gasteiger partial charge in [0.25, 0.3) is 0 Å². The smallest absolute Gasteiger partial charge is 0.226 e. The number of likely N-dealkylation sites (N-methyl/N-ethyl adjacent to an activating group) is 2. The Labute approximate surface area is 108 Å². The largest absolute Gasteiger partial charge is 0.339 e. The third-order valence-electron chi connectivity index (χ3n) is 3.50. The monoisotopic (exact) mass is 253 g/mol. The molecular formula is C12H23N5O. The predicted octanol–water partition coefficient (Wildman–Crippen LogP) is -0.251. The second kappa shape index (κ2) is 6.26. The number of rotatable bonds is 5. The highest BCUT2D eigenvalue weighted by molar-refractivity contribution is 4.93. The van der Waals surface area contributed by atoms with Crippen LogP contribution in [0.2, 0.25) is 0 Å².